The number of aryl methyl sites for hydroxylation is 1. The van der Waals surface area contributed by atoms with E-state index in [9.17, 15) is 13.6 Å². The largest absolute Gasteiger partial charge is 0.435 e. The van der Waals surface area contributed by atoms with Crippen molar-refractivity contribution in [1.82, 2.24) is 20.1 Å². The molecule has 0 saturated carbocycles. The van der Waals surface area contributed by atoms with Crippen molar-refractivity contribution in [2.45, 2.75) is 25.1 Å². The molecule has 0 saturated heterocycles. The maximum Gasteiger partial charge on any atom is 0.387 e. The van der Waals surface area contributed by atoms with Gasteiger partial charge in [-0.05, 0) is 43.2 Å². The van der Waals surface area contributed by atoms with E-state index in [4.69, 9.17) is 0 Å². The lowest BCUT2D eigenvalue weighted by molar-refractivity contribution is -0.118. The van der Waals surface area contributed by atoms with Crippen LogP contribution in [0.5, 0.6) is 5.75 Å². The molecular formula is C20H20F2N4O2S. The minimum absolute atomic E-state index is 0.113. The molecule has 0 atom stereocenters. The molecule has 1 N–H and O–H groups in total. The SMILES string of the molecule is Cc1ccc(-n2cnnc2SCC(=O)NCCc2ccc(OC(F)F)cc2)cc1. The molecule has 1 aromatic heterocycles. The Kier molecular flexibility index (Phi) is 7.18. The summed E-state index contributed by atoms with van der Waals surface area (Å²) in [6, 6.07) is 14.3. The van der Waals surface area contributed by atoms with E-state index in [1.165, 1.54) is 23.9 Å². The Morgan fingerprint density at radius 3 is 2.59 bits per heavy atom. The minimum Gasteiger partial charge on any atom is -0.435 e. The molecule has 0 spiro atoms. The molecule has 152 valence electrons. The quantitative estimate of drug-likeness (QED) is 0.538. The first kappa shape index (κ1) is 20.8. The lowest BCUT2D eigenvalue weighted by Gasteiger charge is -2.08. The van der Waals surface area contributed by atoms with Gasteiger partial charge in [0.05, 0.1) is 5.75 Å². The highest BCUT2D eigenvalue weighted by atomic mass is 32.2. The van der Waals surface area contributed by atoms with Crippen molar-refractivity contribution in [2.24, 2.45) is 0 Å². The first-order valence-electron chi connectivity index (χ1n) is 8.91. The number of thioether (sulfide) groups is 1. The summed E-state index contributed by atoms with van der Waals surface area (Å²) in [5, 5.41) is 11.5. The number of carbonyl (C=O) groups excluding carboxylic acids is 1. The first-order chi connectivity index (χ1) is 14.0. The van der Waals surface area contributed by atoms with Gasteiger partial charge in [-0.1, -0.05) is 41.6 Å². The maximum atomic E-state index is 12.1. The monoisotopic (exact) mass is 418 g/mol. The third-order valence-electron chi connectivity index (χ3n) is 4.05. The molecule has 0 unspecified atom stereocenters. The van der Waals surface area contributed by atoms with Gasteiger partial charge in [0.2, 0.25) is 5.91 Å². The van der Waals surface area contributed by atoms with E-state index in [1.807, 2.05) is 35.8 Å². The van der Waals surface area contributed by atoms with Gasteiger partial charge in [-0.2, -0.15) is 8.78 Å². The van der Waals surface area contributed by atoms with Crippen LogP contribution in [0.25, 0.3) is 5.69 Å². The lowest BCUT2D eigenvalue weighted by atomic mass is 10.1. The fourth-order valence-electron chi connectivity index (χ4n) is 2.57. The van der Waals surface area contributed by atoms with Crippen LogP contribution < -0.4 is 10.1 Å². The number of hydrogen-bond acceptors (Lipinski definition) is 5. The number of carbonyl (C=O) groups is 1. The second kappa shape index (κ2) is 10.0. The third-order valence-corrected chi connectivity index (χ3v) is 4.99. The van der Waals surface area contributed by atoms with Crippen molar-refractivity contribution in [1.29, 1.82) is 0 Å². The molecule has 0 aliphatic carbocycles. The van der Waals surface area contributed by atoms with Crippen LogP contribution in [0.15, 0.2) is 60.0 Å². The zero-order valence-electron chi connectivity index (χ0n) is 15.7. The predicted octanol–water partition coefficient (Wildman–Crippen LogP) is 3.63. The number of hydrogen-bond donors (Lipinski definition) is 1. The maximum absolute atomic E-state index is 12.1. The van der Waals surface area contributed by atoms with Gasteiger partial charge in [-0.3, -0.25) is 9.36 Å². The van der Waals surface area contributed by atoms with E-state index in [0.717, 1.165) is 16.8 Å². The summed E-state index contributed by atoms with van der Waals surface area (Å²) < 4.78 is 30.4. The van der Waals surface area contributed by atoms with E-state index < -0.39 is 6.61 Å². The fraction of sp³-hybridized carbons (Fsp3) is 0.250. The number of halogens is 2. The van der Waals surface area contributed by atoms with Crippen LogP contribution in [-0.4, -0.2) is 39.6 Å². The van der Waals surface area contributed by atoms with E-state index in [0.29, 0.717) is 18.1 Å². The van der Waals surface area contributed by atoms with Gasteiger partial charge in [-0.15, -0.1) is 10.2 Å². The molecule has 0 bridgehead atoms. The number of aromatic nitrogens is 3. The molecule has 0 aliphatic rings. The molecule has 0 aliphatic heterocycles. The molecule has 1 heterocycles. The average molecular weight is 418 g/mol. The van der Waals surface area contributed by atoms with Crippen molar-refractivity contribution in [2.75, 3.05) is 12.3 Å². The molecule has 3 rings (SSSR count). The van der Waals surface area contributed by atoms with Crippen molar-refractivity contribution in [3.8, 4) is 11.4 Å². The van der Waals surface area contributed by atoms with Gasteiger partial charge >= 0.3 is 6.61 Å². The molecule has 0 fully saturated rings. The zero-order valence-corrected chi connectivity index (χ0v) is 16.5. The number of amides is 1. The van der Waals surface area contributed by atoms with Gasteiger partial charge in [0.1, 0.15) is 12.1 Å². The molecule has 0 radical (unpaired) electrons. The average Bonchev–Trinajstić information content (AvgIpc) is 3.16. The Morgan fingerprint density at radius 2 is 1.90 bits per heavy atom. The van der Waals surface area contributed by atoms with Crippen molar-refractivity contribution < 1.29 is 18.3 Å². The molecular weight excluding hydrogens is 398 g/mol. The van der Waals surface area contributed by atoms with Crippen molar-refractivity contribution >= 4 is 17.7 Å². The molecule has 6 nitrogen and oxygen atoms in total. The van der Waals surface area contributed by atoms with Crippen LogP contribution in [0.3, 0.4) is 0 Å². The van der Waals surface area contributed by atoms with Crippen LogP contribution in [-0.2, 0) is 11.2 Å². The molecule has 1 amide bonds. The van der Waals surface area contributed by atoms with E-state index in [-0.39, 0.29) is 17.4 Å². The Bertz CT molecular complexity index is 930. The summed E-state index contributed by atoms with van der Waals surface area (Å²) >= 11 is 1.30. The molecule has 2 aromatic carbocycles. The summed E-state index contributed by atoms with van der Waals surface area (Å²) in [6.45, 7) is -0.380. The Morgan fingerprint density at radius 1 is 1.17 bits per heavy atom. The highest BCUT2D eigenvalue weighted by Gasteiger charge is 2.10. The highest BCUT2D eigenvalue weighted by Crippen LogP contribution is 2.19. The predicted molar refractivity (Wildman–Crippen MR) is 107 cm³/mol. The number of nitrogens with zero attached hydrogens (tertiary/aromatic N) is 3. The number of benzene rings is 2. The second-order valence-electron chi connectivity index (χ2n) is 6.23. The van der Waals surface area contributed by atoms with E-state index >= 15 is 0 Å². The van der Waals surface area contributed by atoms with Gasteiger partial charge in [0.25, 0.3) is 0 Å². The van der Waals surface area contributed by atoms with Crippen LogP contribution in [0.4, 0.5) is 8.78 Å². The third kappa shape index (κ3) is 6.28. The fourth-order valence-corrected chi connectivity index (χ4v) is 3.33. The molecule has 3 aromatic rings. The van der Waals surface area contributed by atoms with Gasteiger partial charge in [-0.25, -0.2) is 0 Å². The number of alkyl halides is 2. The molecule has 29 heavy (non-hydrogen) atoms. The smallest absolute Gasteiger partial charge is 0.387 e. The Hall–Kier alpha value is -2.94. The topological polar surface area (TPSA) is 69.0 Å². The number of nitrogens with one attached hydrogen (secondary N) is 1. The van der Waals surface area contributed by atoms with E-state index in [1.54, 1.807) is 18.5 Å². The van der Waals surface area contributed by atoms with Crippen LogP contribution >= 0.6 is 11.8 Å². The summed E-state index contributed by atoms with van der Waals surface area (Å²) in [5.41, 5.74) is 3.01. The van der Waals surface area contributed by atoms with Crippen LogP contribution in [0.1, 0.15) is 11.1 Å². The first-order valence-corrected chi connectivity index (χ1v) is 9.90. The Labute approximate surface area is 171 Å². The highest BCUT2D eigenvalue weighted by molar-refractivity contribution is 7.99. The Balaban J connectivity index is 1.44. The van der Waals surface area contributed by atoms with Crippen molar-refractivity contribution in [3.63, 3.8) is 0 Å². The van der Waals surface area contributed by atoms with E-state index in [2.05, 4.69) is 20.3 Å². The second-order valence-corrected chi connectivity index (χ2v) is 7.17. The van der Waals surface area contributed by atoms with Gasteiger partial charge in [0.15, 0.2) is 5.16 Å². The normalized spacial score (nSPS) is 10.9. The summed E-state index contributed by atoms with van der Waals surface area (Å²) in [4.78, 5) is 12.1. The van der Waals surface area contributed by atoms with Crippen LogP contribution in [0.2, 0.25) is 0 Å². The number of ether oxygens (including phenoxy) is 1. The lowest BCUT2D eigenvalue weighted by Crippen LogP contribution is -2.27. The standard InChI is InChI=1S/C20H20F2N4O2S/c1-14-2-6-16(7-3-14)26-13-24-25-20(26)29-12-18(27)23-11-10-15-4-8-17(9-5-15)28-19(21)22/h2-9,13,19H,10-12H2,1H3,(H,23,27). The summed E-state index contributed by atoms with van der Waals surface area (Å²) in [6.07, 6.45) is 2.21. The molecule has 9 heteroatoms. The summed E-state index contributed by atoms with van der Waals surface area (Å²) in [7, 11) is 0. The van der Waals surface area contributed by atoms with Gasteiger partial charge in [0, 0.05) is 12.2 Å². The minimum atomic E-state index is -2.84. The number of rotatable bonds is 9. The van der Waals surface area contributed by atoms with Gasteiger partial charge < -0.3 is 10.1 Å². The zero-order chi connectivity index (χ0) is 20.6. The van der Waals surface area contributed by atoms with Crippen molar-refractivity contribution in [3.05, 3.63) is 66.0 Å². The van der Waals surface area contributed by atoms with Crippen LogP contribution in [0, 0.1) is 6.92 Å². The summed E-state index contributed by atoms with van der Waals surface area (Å²) in [5.74, 6) is 0.208.